The Morgan fingerprint density at radius 2 is 2.22 bits per heavy atom. The van der Waals surface area contributed by atoms with Crippen molar-refractivity contribution in [1.82, 2.24) is 34.3 Å². The number of aryl methyl sites for hydroxylation is 1. The lowest BCUT2D eigenvalue weighted by atomic mass is 10.4. The van der Waals surface area contributed by atoms with Crippen LogP contribution in [-0.4, -0.2) is 34.3 Å². The summed E-state index contributed by atoms with van der Waals surface area (Å²) in [6.45, 7) is 1.88. The molecule has 0 aromatic carbocycles. The Bertz CT molecular complexity index is 719. The van der Waals surface area contributed by atoms with Gasteiger partial charge in [-0.05, 0) is 18.7 Å². The molecule has 0 N–H and O–H groups in total. The van der Waals surface area contributed by atoms with Crippen LogP contribution in [0.2, 0.25) is 5.15 Å². The summed E-state index contributed by atoms with van der Waals surface area (Å²) in [4.78, 5) is 8.18. The molecule has 0 radical (unpaired) electrons. The van der Waals surface area contributed by atoms with Crippen LogP contribution in [0.1, 0.15) is 5.56 Å². The normalized spacial score (nSPS) is 11.3. The van der Waals surface area contributed by atoms with Gasteiger partial charge in [0.1, 0.15) is 22.8 Å². The van der Waals surface area contributed by atoms with Gasteiger partial charge in [0.2, 0.25) is 0 Å². The van der Waals surface area contributed by atoms with Crippen LogP contribution in [0.15, 0.2) is 22.8 Å². The van der Waals surface area contributed by atoms with Crippen molar-refractivity contribution >= 4 is 29.1 Å². The van der Waals surface area contributed by atoms with Gasteiger partial charge >= 0.3 is 0 Å². The van der Waals surface area contributed by atoms with Crippen molar-refractivity contribution in [1.29, 1.82) is 0 Å². The smallest absolute Gasteiger partial charge is 0.254 e. The zero-order chi connectivity index (χ0) is 12.7. The molecule has 0 aliphatic heterocycles. The van der Waals surface area contributed by atoms with Crippen molar-refractivity contribution in [3.63, 3.8) is 0 Å². The second-order valence-corrected chi connectivity index (χ2v) is 4.95. The molecule has 18 heavy (non-hydrogen) atoms. The van der Waals surface area contributed by atoms with E-state index < -0.39 is 0 Å². The van der Waals surface area contributed by atoms with Gasteiger partial charge in [-0.15, -0.1) is 10.2 Å². The minimum Gasteiger partial charge on any atom is -0.311 e. The largest absolute Gasteiger partial charge is 0.311 e. The van der Waals surface area contributed by atoms with E-state index in [0.717, 1.165) is 15.7 Å². The topological polar surface area (TPSA) is 73.8 Å². The summed E-state index contributed by atoms with van der Waals surface area (Å²) in [6, 6.07) is 0. The standard InChI is InChI=1S/C9H8ClN7S/c1-5-6(10)14-8-11-3-13-17(8)7(5)18-9-15-12-4-16(9)2/h3-4H,1-2H3. The Morgan fingerprint density at radius 3 is 2.94 bits per heavy atom. The maximum Gasteiger partial charge on any atom is 0.254 e. The van der Waals surface area contributed by atoms with Gasteiger partial charge in [0.25, 0.3) is 5.78 Å². The van der Waals surface area contributed by atoms with Gasteiger partial charge in [-0.25, -0.2) is 0 Å². The summed E-state index contributed by atoms with van der Waals surface area (Å²) < 4.78 is 3.46. The molecular weight excluding hydrogens is 274 g/mol. The average molecular weight is 282 g/mol. The number of nitrogens with zero attached hydrogens (tertiary/aromatic N) is 7. The average Bonchev–Trinajstić information content (AvgIpc) is 2.94. The fourth-order valence-corrected chi connectivity index (χ4v) is 2.58. The van der Waals surface area contributed by atoms with Crippen LogP contribution in [0, 0.1) is 6.92 Å². The van der Waals surface area contributed by atoms with Crippen molar-refractivity contribution in [2.75, 3.05) is 0 Å². The van der Waals surface area contributed by atoms with Crippen molar-refractivity contribution in [3.05, 3.63) is 23.4 Å². The number of hydrogen-bond acceptors (Lipinski definition) is 6. The number of aromatic nitrogens is 7. The zero-order valence-electron chi connectivity index (χ0n) is 9.57. The van der Waals surface area contributed by atoms with Gasteiger partial charge in [0, 0.05) is 12.6 Å². The van der Waals surface area contributed by atoms with E-state index in [1.165, 1.54) is 18.1 Å². The lowest BCUT2D eigenvalue weighted by molar-refractivity contribution is 0.775. The summed E-state index contributed by atoms with van der Waals surface area (Å²) >= 11 is 7.50. The summed E-state index contributed by atoms with van der Waals surface area (Å²) in [5, 5.41) is 14.0. The number of rotatable bonds is 2. The molecule has 0 aliphatic rings. The molecule has 0 atom stereocenters. The molecule has 0 unspecified atom stereocenters. The van der Waals surface area contributed by atoms with Gasteiger partial charge < -0.3 is 4.57 Å². The van der Waals surface area contributed by atoms with E-state index in [1.54, 1.807) is 10.8 Å². The predicted octanol–water partition coefficient (Wildman–Crippen LogP) is 1.37. The maximum atomic E-state index is 6.08. The van der Waals surface area contributed by atoms with E-state index in [2.05, 4.69) is 25.3 Å². The predicted molar refractivity (Wildman–Crippen MR) is 65.7 cm³/mol. The van der Waals surface area contributed by atoms with Crippen molar-refractivity contribution in [3.8, 4) is 0 Å². The second kappa shape index (κ2) is 4.21. The highest BCUT2D eigenvalue weighted by molar-refractivity contribution is 7.99. The highest BCUT2D eigenvalue weighted by Crippen LogP contribution is 2.30. The van der Waals surface area contributed by atoms with Crippen LogP contribution >= 0.6 is 23.4 Å². The first-order valence-corrected chi connectivity index (χ1v) is 6.24. The number of fused-ring (bicyclic) bond motifs is 1. The molecule has 0 amide bonds. The molecule has 7 nitrogen and oxygen atoms in total. The summed E-state index contributed by atoms with van der Waals surface area (Å²) in [7, 11) is 1.87. The molecule has 3 rings (SSSR count). The second-order valence-electron chi connectivity index (χ2n) is 3.63. The van der Waals surface area contributed by atoms with E-state index in [4.69, 9.17) is 11.6 Å². The molecule has 0 saturated heterocycles. The molecule has 9 heteroatoms. The monoisotopic (exact) mass is 281 g/mol. The van der Waals surface area contributed by atoms with E-state index in [-0.39, 0.29) is 0 Å². The van der Waals surface area contributed by atoms with Crippen molar-refractivity contribution < 1.29 is 0 Å². The van der Waals surface area contributed by atoms with Crippen LogP contribution in [-0.2, 0) is 7.05 Å². The first-order chi connectivity index (χ1) is 8.66. The Balaban J connectivity index is 2.18. The summed E-state index contributed by atoms with van der Waals surface area (Å²) in [6.07, 6.45) is 3.08. The Morgan fingerprint density at radius 1 is 1.39 bits per heavy atom. The zero-order valence-corrected chi connectivity index (χ0v) is 11.1. The molecule has 0 bridgehead atoms. The highest BCUT2D eigenvalue weighted by atomic mass is 35.5. The molecule has 0 spiro atoms. The lowest BCUT2D eigenvalue weighted by Crippen LogP contribution is -2.01. The van der Waals surface area contributed by atoms with Crippen molar-refractivity contribution in [2.45, 2.75) is 17.1 Å². The van der Waals surface area contributed by atoms with Crippen molar-refractivity contribution in [2.24, 2.45) is 7.05 Å². The number of hydrogen-bond donors (Lipinski definition) is 0. The summed E-state index contributed by atoms with van der Waals surface area (Å²) in [5.74, 6) is 0.468. The first kappa shape index (κ1) is 11.4. The van der Waals surface area contributed by atoms with Gasteiger partial charge in [-0.2, -0.15) is 19.6 Å². The fourth-order valence-electron chi connectivity index (χ4n) is 1.44. The Labute approximate surface area is 111 Å². The lowest BCUT2D eigenvalue weighted by Gasteiger charge is -2.07. The van der Waals surface area contributed by atoms with Gasteiger partial charge in [0.05, 0.1) is 0 Å². The molecule has 92 valence electrons. The van der Waals surface area contributed by atoms with E-state index in [1.807, 2.05) is 18.5 Å². The minimum absolute atomic E-state index is 0.417. The van der Waals surface area contributed by atoms with Gasteiger partial charge in [-0.3, -0.25) is 0 Å². The van der Waals surface area contributed by atoms with E-state index in [9.17, 15) is 0 Å². The molecule has 0 saturated carbocycles. The third-order valence-corrected chi connectivity index (χ3v) is 4.00. The van der Waals surface area contributed by atoms with Gasteiger partial charge in [0.15, 0.2) is 5.16 Å². The maximum absolute atomic E-state index is 6.08. The molecule has 3 aromatic heterocycles. The van der Waals surface area contributed by atoms with E-state index in [0.29, 0.717) is 10.9 Å². The molecule has 0 fully saturated rings. The van der Waals surface area contributed by atoms with Crippen LogP contribution < -0.4 is 0 Å². The SMILES string of the molecule is Cc1c(Cl)nc2ncnn2c1Sc1nncn1C. The molecule has 3 aromatic rings. The fraction of sp³-hybridized carbons (Fsp3) is 0.222. The molecule has 3 heterocycles. The van der Waals surface area contributed by atoms with E-state index >= 15 is 0 Å². The first-order valence-electron chi connectivity index (χ1n) is 5.04. The Hall–Kier alpha value is -1.67. The quantitative estimate of drug-likeness (QED) is 0.661. The minimum atomic E-state index is 0.417. The molecular formula is C9H8ClN7S. The van der Waals surface area contributed by atoms with Crippen LogP contribution in [0.25, 0.3) is 5.78 Å². The van der Waals surface area contributed by atoms with Crippen LogP contribution in [0.4, 0.5) is 0 Å². The van der Waals surface area contributed by atoms with Gasteiger partial charge in [-0.1, -0.05) is 11.6 Å². The van der Waals surface area contributed by atoms with Crippen LogP contribution in [0.3, 0.4) is 0 Å². The highest BCUT2D eigenvalue weighted by Gasteiger charge is 2.15. The third-order valence-electron chi connectivity index (χ3n) is 2.41. The van der Waals surface area contributed by atoms with Crippen LogP contribution in [0.5, 0.6) is 0 Å². The summed E-state index contributed by atoms with van der Waals surface area (Å²) in [5.41, 5.74) is 0.836. The Kier molecular flexibility index (Phi) is 2.67. The molecule has 0 aliphatic carbocycles. The third kappa shape index (κ3) is 1.73. The number of halogens is 1.